The molecule has 0 unspecified atom stereocenters. The van der Waals surface area contributed by atoms with Crippen LogP contribution in [-0.4, -0.2) is 4.98 Å². The fourth-order valence-corrected chi connectivity index (χ4v) is 1.68. The number of nitrogens with zero attached hydrogens (tertiary/aromatic N) is 2. The monoisotopic (exact) mass is 198 g/mol. The molecule has 0 aromatic carbocycles. The van der Waals surface area contributed by atoms with E-state index in [2.05, 4.69) is 4.98 Å². The van der Waals surface area contributed by atoms with Gasteiger partial charge in [0.25, 0.3) is 0 Å². The van der Waals surface area contributed by atoms with E-state index in [4.69, 9.17) is 16.9 Å². The summed E-state index contributed by atoms with van der Waals surface area (Å²) in [6.45, 7) is 3.59. The van der Waals surface area contributed by atoms with Gasteiger partial charge in [-0.3, -0.25) is 0 Å². The Balaban J connectivity index is 3.09. The van der Waals surface area contributed by atoms with Crippen LogP contribution in [0.4, 0.5) is 0 Å². The molecule has 1 aromatic heterocycles. The Hall–Kier alpha value is -0.850. The van der Waals surface area contributed by atoms with Crippen molar-refractivity contribution < 1.29 is 0 Å². The van der Waals surface area contributed by atoms with E-state index in [9.17, 15) is 0 Å². The van der Waals surface area contributed by atoms with Crippen molar-refractivity contribution in [2.24, 2.45) is 0 Å². The number of halogens is 1. The number of nitriles is 1. The van der Waals surface area contributed by atoms with Gasteiger partial charge in [-0.1, -0.05) is 11.6 Å². The topological polar surface area (TPSA) is 36.7 Å². The first kappa shape index (κ1) is 9.24. The first-order valence-electron chi connectivity index (χ1n) is 3.34. The standard InChI is InChI=1S/C8H7ClN2S/c1-5(3-10)8(9)7-4-11-6(2)12-7/h4H,1-2H3. The molecule has 1 aromatic rings. The molecule has 62 valence electrons. The van der Waals surface area contributed by atoms with E-state index in [0.29, 0.717) is 10.6 Å². The summed E-state index contributed by atoms with van der Waals surface area (Å²) in [5, 5.41) is 10.0. The average Bonchev–Trinajstić information content (AvgIpc) is 2.49. The first-order chi connectivity index (χ1) is 5.65. The SMILES string of the molecule is CC(C#N)=C(Cl)c1cnc(C)s1. The molecule has 0 radical (unpaired) electrons. The van der Waals surface area contributed by atoms with E-state index in [1.165, 1.54) is 11.3 Å². The number of aryl methyl sites for hydroxylation is 1. The van der Waals surface area contributed by atoms with Crippen LogP contribution in [0.3, 0.4) is 0 Å². The molecule has 4 heteroatoms. The predicted molar refractivity (Wildman–Crippen MR) is 50.9 cm³/mol. The molecule has 2 nitrogen and oxygen atoms in total. The Morgan fingerprint density at radius 1 is 1.75 bits per heavy atom. The number of hydrogen-bond donors (Lipinski definition) is 0. The Morgan fingerprint density at radius 3 is 2.83 bits per heavy atom. The highest BCUT2D eigenvalue weighted by molar-refractivity contribution is 7.13. The number of allylic oxidation sites excluding steroid dienone is 1. The fraction of sp³-hybridized carbons (Fsp3) is 0.250. The minimum Gasteiger partial charge on any atom is -0.249 e. The lowest BCUT2D eigenvalue weighted by Gasteiger charge is -1.91. The zero-order valence-electron chi connectivity index (χ0n) is 6.76. The van der Waals surface area contributed by atoms with Crippen molar-refractivity contribution in [2.45, 2.75) is 13.8 Å². The van der Waals surface area contributed by atoms with Gasteiger partial charge in [0.05, 0.1) is 21.0 Å². The maximum atomic E-state index is 8.57. The van der Waals surface area contributed by atoms with Gasteiger partial charge >= 0.3 is 0 Å². The van der Waals surface area contributed by atoms with Gasteiger partial charge in [-0.2, -0.15) is 5.26 Å². The maximum absolute atomic E-state index is 8.57. The molecular weight excluding hydrogens is 192 g/mol. The maximum Gasteiger partial charge on any atom is 0.0960 e. The van der Waals surface area contributed by atoms with Crippen LogP contribution in [0.5, 0.6) is 0 Å². The summed E-state index contributed by atoms with van der Waals surface area (Å²) < 4.78 is 0. The van der Waals surface area contributed by atoms with Crippen molar-refractivity contribution in [3.8, 4) is 6.07 Å². The lowest BCUT2D eigenvalue weighted by atomic mass is 10.3. The highest BCUT2D eigenvalue weighted by Crippen LogP contribution is 2.27. The second-order valence-corrected chi connectivity index (χ2v) is 3.91. The molecule has 0 amide bonds. The van der Waals surface area contributed by atoms with E-state index >= 15 is 0 Å². The van der Waals surface area contributed by atoms with E-state index in [0.717, 1.165) is 9.88 Å². The summed E-state index contributed by atoms with van der Waals surface area (Å²) in [5.74, 6) is 0. The molecule has 0 spiro atoms. The molecule has 0 aliphatic rings. The van der Waals surface area contributed by atoms with Gasteiger partial charge in [0, 0.05) is 11.8 Å². The summed E-state index contributed by atoms with van der Waals surface area (Å²) in [6, 6.07) is 2.00. The van der Waals surface area contributed by atoms with Crippen LogP contribution in [-0.2, 0) is 0 Å². The molecular formula is C8H7ClN2S. The van der Waals surface area contributed by atoms with Gasteiger partial charge in [0.2, 0.25) is 0 Å². The normalized spacial score (nSPS) is 12.2. The average molecular weight is 199 g/mol. The lowest BCUT2D eigenvalue weighted by molar-refractivity contribution is 1.29. The van der Waals surface area contributed by atoms with Gasteiger partial charge < -0.3 is 0 Å². The molecule has 0 atom stereocenters. The zero-order valence-corrected chi connectivity index (χ0v) is 8.33. The third-order valence-electron chi connectivity index (χ3n) is 1.33. The number of hydrogen-bond acceptors (Lipinski definition) is 3. The zero-order chi connectivity index (χ0) is 9.14. The largest absolute Gasteiger partial charge is 0.249 e. The van der Waals surface area contributed by atoms with Crippen molar-refractivity contribution in [2.75, 3.05) is 0 Å². The number of aromatic nitrogens is 1. The van der Waals surface area contributed by atoms with Crippen molar-refractivity contribution in [1.82, 2.24) is 4.98 Å². The second kappa shape index (κ2) is 3.70. The molecule has 0 N–H and O–H groups in total. The van der Waals surface area contributed by atoms with Gasteiger partial charge in [-0.15, -0.1) is 11.3 Å². The van der Waals surface area contributed by atoms with E-state index < -0.39 is 0 Å². The predicted octanol–water partition coefficient (Wildman–Crippen LogP) is 2.94. The van der Waals surface area contributed by atoms with Crippen LogP contribution in [0.1, 0.15) is 16.8 Å². The lowest BCUT2D eigenvalue weighted by Crippen LogP contribution is -1.74. The Morgan fingerprint density at radius 2 is 2.42 bits per heavy atom. The molecule has 1 heterocycles. The van der Waals surface area contributed by atoms with Crippen molar-refractivity contribution in [1.29, 1.82) is 5.26 Å². The Labute approximate surface area is 80.1 Å². The molecule has 0 saturated heterocycles. The van der Waals surface area contributed by atoms with Crippen LogP contribution >= 0.6 is 22.9 Å². The van der Waals surface area contributed by atoms with Crippen molar-refractivity contribution >= 4 is 28.0 Å². The number of thiazole rings is 1. The summed E-state index contributed by atoms with van der Waals surface area (Å²) in [6.07, 6.45) is 1.68. The van der Waals surface area contributed by atoms with Gasteiger partial charge in [0.15, 0.2) is 0 Å². The third kappa shape index (κ3) is 1.84. The van der Waals surface area contributed by atoms with Crippen molar-refractivity contribution in [3.63, 3.8) is 0 Å². The van der Waals surface area contributed by atoms with Crippen LogP contribution < -0.4 is 0 Å². The highest BCUT2D eigenvalue weighted by Gasteiger charge is 2.05. The third-order valence-corrected chi connectivity index (χ3v) is 2.86. The minimum atomic E-state index is 0.503. The quantitative estimate of drug-likeness (QED) is 0.651. The number of rotatable bonds is 1. The summed E-state index contributed by atoms with van der Waals surface area (Å²) >= 11 is 7.39. The highest BCUT2D eigenvalue weighted by atomic mass is 35.5. The van der Waals surface area contributed by atoms with Gasteiger partial charge in [-0.05, 0) is 13.8 Å². The van der Waals surface area contributed by atoms with Gasteiger partial charge in [0.1, 0.15) is 0 Å². The van der Waals surface area contributed by atoms with E-state index in [-0.39, 0.29) is 0 Å². The van der Waals surface area contributed by atoms with E-state index in [1.54, 1.807) is 13.1 Å². The van der Waals surface area contributed by atoms with E-state index in [1.807, 2.05) is 13.0 Å². The molecule has 0 saturated carbocycles. The van der Waals surface area contributed by atoms with Crippen LogP contribution in [0.15, 0.2) is 11.8 Å². The molecule has 0 aliphatic carbocycles. The first-order valence-corrected chi connectivity index (χ1v) is 4.54. The van der Waals surface area contributed by atoms with Crippen LogP contribution in [0.25, 0.3) is 5.03 Å². The second-order valence-electron chi connectivity index (χ2n) is 2.29. The fourth-order valence-electron chi connectivity index (χ4n) is 0.697. The Bertz CT molecular complexity index is 359. The molecule has 0 fully saturated rings. The van der Waals surface area contributed by atoms with Crippen LogP contribution in [0.2, 0.25) is 0 Å². The summed E-state index contributed by atoms with van der Waals surface area (Å²) in [4.78, 5) is 4.90. The molecule has 1 rings (SSSR count). The Kier molecular flexibility index (Phi) is 2.85. The summed E-state index contributed by atoms with van der Waals surface area (Å²) in [5.41, 5.74) is 0.528. The molecule has 0 aliphatic heterocycles. The van der Waals surface area contributed by atoms with Crippen molar-refractivity contribution in [3.05, 3.63) is 21.7 Å². The summed E-state index contributed by atoms with van der Waals surface area (Å²) in [7, 11) is 0. The van der Waals surface area contributed by atoms with Gasteiger partial charge in [-0.25, -0.2) is 4.98 Å². The smallest absolute Gasteiger partial charge is 0.0960 e. The molecule has 12 heavy (non-hydrogen) atoms. The molecule has 0 bridgehead atoms. The minimum absolute atomic E-state index is 0.503. The van der Waals surface area contributed by atoms with Crippen LogP contribution in [0, 0.1) is 18.3 Å².